The highest BCUT2D eigenvalue weighted by molar-refractivity contribution is 5.86. The number of aliphatic carboxylic acids is 1. The standard InChI is InChI=1S/C14H14F3NO3/c15-14(16,17)11-3-1-2-9(6-11)4-5-18-8-10(13(20)21)7-12(18)19/h1-3,6,10H,4-5,7-8H2,(H,20,21). The van der Waals surface area contributed by atoms with Gasteiger partial charge in [-0.1, -0.05) is 18.2 Å². The van der Waals surface area contributed by atoms with E-state index in [1.54, 1.807) is 6.07 Å². The summed E-state index contributed by atoms with van der Waals surface area (Å²) >= 11 is 0. The van der Waals surface area contributed by atoms with E-state index >= 15 is 0 Å². The normalized spacial score (nSPS) is 19.1. The van der Waals surface area contributed by atoms with Crippen LogP contribution in [-0.4, -0.2) is 35.0 Å². The Morgan fingerprint density at radius 2 is 2.10 bits per heavy atom. The summed E-state index contributed by atoms with van der Waals surface area (Å²) in [6.45, 7) is 0.344. The zero-order valence-electron chi connectivity index (χ0n) is 11.1. The molecule has 0 spiro atoms. The van der Waals surface area contributed by atoms with Gasteiger partial charge >= 0.3 is 12.1 Å². The maximum atomic E-state index is 12.6. The van der Waals surface area contributed by atoms with Crippen molar-refractivity contribution in [1.29, 1.82) is 0 Å². The van der Waals surface area contributed by atoms with Crippen molar-refractivity contribution < 1.29 is 27.9 Å². The molecule has 1 heterocycles. The molecule has 1 aromatic carbocycles. The number of alkyl halides is 3. The van der Waals surface area contributed by atoms with Crippen molar-refractivity contribution in [2.75, 3.05) is 13.1 Å². The number of carbonyl (C=O) groups is 2. The van der Waals surface area contributed by atoms with Crippen molar-refractivity contribution in [2.45, 2.75) is 19.0 Å². The Labute approximate surface area is 119 Å². The number of hydrogen-bond acceptors (Lipinski definition) is 2. The van der Waals surface area contributed by atoms with Gasteiger partial charge in [-0.2, -0.15) is 13.2 Å². The molecule has 1 N–H and O–H groups in total. The molecule has 21 heavy (non-hydrogen) atoms. The number of carboxylic acid groups (broad SMARTS) is 1. The van der Waals surface area contributed by atoms with Crippen molar-refractivity contribution in [1.82, 2.24) is 4.90 Å². The maximum Gasteiger partial charge on any atom is 0.416 e. The summed E-state index contributed by atoms with van der Waals surface area (Å²) in [7, 11) is 0. The van der Waals surface area contributed by atoms with Crippen LogP contribution in [-0.2, 0) is 22.2 Å². The Kier molecular flexibility index (Phi) is 4.20. The van der Waals surface area contributed by atoms with E-state index in [4.69, 9.17) is 5.11 Å². The Bertz CT molecular complexity index is 557. The van der Waals surface area contributed by atoms with E-state index in [1.165, 1.54) is 11.0 Å². The molecule has 1 amide bonds. The van der Waals surface area contributed by atoms with E-state index in [2.05, 4.69) is 0 Å². The maximum absolute atomic E-state index is 12.6. The number of amides is 1. The first kappa shape index (κ1) is 15.3. The first-order valence-corrected chi connectivity index (χ1v) is 6.44. The second kappa shape index (κ2) is 5.75. The quantitative estimate of drug-likeness (QED) is 0.927. The lowest BCUT2D eigenvalue weighted by Gasteiger charge is -2.16. The van der Waals surface area contributed by atoms with Gasteiger partial charge in [-0.3, -0.25) is 9.59 Å². The van der Waals surface area contributed by atoms with Gasteiger partial charge in [0, 0.05) is 19.5 Å². The van der Waals surface area contributed by atoms with Crippen molar-refractivity contribution >= 4 is 11.9 Å². The van der Waals surface area contributed by atoms with Crippen LogP contribution < -0.4 is 0 Å². The van der Waals surface area contributed by atoms with E-state index < -0.39 is 23.6 Å². The fraction of sp³-hybridized carbons (Fsp3) is 0.429. The van der Waals surface area contributed by atoms with Gasteiger partial charge in [0.1, 0.15) is 0 Å². The molecule has 0 aliphatic carbocycles. The molecule has 1 unspecified atom stereocenters. The third-order valence-corrected chi connectivity index (χ3v) is 3.49. The summed E-state index contributed by atoms with van der Waals surface area (Å²) in [5.74, 6) is -2.02. The highest BCUT2D eigenvalue weighted by atomic mass is 19.4. The van der Waals surface area contributed by atoms with Crippen LogP contribution in [0, 0.1) is 5.92 Å². The minimum Gasteiger partial charge on any atom is -0.481 e. The lowest BCUT2D eigenvalue weighted by atomic mass is 10.1. The number of benzene rings is 1. The van der Waals surface area contributed by atoms with Crippen molar-refractivity contribution in [2.24, 2.45) is 5.92 Å². The average Bonchev–Trinajstić information content (AvgIpc) is 2.77. The molecule has 1 aliphatic heterocycles. The third-order valence-electron chi connectivity index (χ3n) is 3.49. The number of carboxylic acids is 1. The van der Waals surface area contributed by atoms with Crippen LogP contribution in [0.3, 0.4) is 0 Å². The predicted molar refractivity (Wildman–Crippen MR) is 67.5 cm³/mol. The summed E-state index contributed by atoms with van der Waals surface area (Å²) in [6.07, 6.45) is -4.17. The topological polar surface area (TPSA) is 57.6 Å². The molecule has 0 saturated carbocycles. The second-order valence-electron chi connectivity index (χ2n) is 5.03. The van der Waals surface area contributed by atoms with E-state index in [0.29, 0.717) is 5.56 Å². The van der Waals surface area contributed by atoms with Crippen LogP contribution in [0.1, 0.15) is 17.5 Å². The van der Waals surface area contributed by atoms with E-state index in [1.807, 2.05) is 0 Å². The SMILES string of the molecule is O=C(O)C1CC(=O)N(CCc2cccc(C(F)(F)F)c2)C1. The van der Waals surface area contributed by atoms with Crippen LogP contribution in [0.4, 0.5) is 13.2 Å². The molecule has 4 nitrogen and oxygen atoms in total. The van der Waals surface area contributed by atoms with Crippen LogP contribution in [0.25, 0.3) is 0 Å². The zero-order chi connectivity index (χ0) is 15.6. The molecule has 1 fully saturated rings. The minimum absolute atomic E-state index is 0.0437. The van der Waals surface area contributed by atoms with Gasteiger partial charge in [-0.15, -0.1) is 0 Å². The Morgan fingerprint density at radius 3 is 2.67 bits per heavy atom. The number of rotatable bonds is 4. The van der Waals surface area contributed by atoms with Gasteiger partial charge in [-0.25, -0.2) is 0 Å². The zero-order valence-corrected chi connectivity index (χ0v) is 11.1. The number of carbonyl (C=O) groups excluding carboxylic acids is 1. The first-order chi connectivity index (χ1) is 9.77. The average molecular weight is 301 g/mol. The van der Waals surface area contributed by atoms with Crippen molar-refractivity contribution in [3.63, 3.8) is 0 Å². The summed E-state index contributed by atoms with van der Waals surface area (Å²) in [5, 5.41) is 8.86. The largest absolute Gasteiger partial charge is 0.481 e. The van der Waals surface area contributed by atoms with Crippen LogP contribution in [0.15, 0.2) is 24.3 Å². The molecule has 1 saturated heterocycles. The van der Waals surface area contributed by atoms with Gasteiger partial charge in [0.05, 0.1) is 11.5 Å². The second-order valence-corrected chi connectivity index (χ2v) is 5.03. The fourth-order valence-corrected chi connectivity index (χ4v) is 2.32. The lowest BCUT2D eigenvalue weighted by Crippen LogP contribution is -2.28. The van der Waals surface area contributed by atoms with Gasteiger partial charge < -0.3 is 10.0 Å². The monoisotopic (exact) mass is 301 g/mol. The molecule has 0 radical (unpaired) electrons. The highest BCUT2D eigenvalue weighted by Crippen LogP contribution is 2.29. The molecule has 1 aliphatic rings. The fourth-order valence-electron chi connectivity index (χ4n) is 2.32. The minimum atomic E-state index is -4.39. The molecule has 2 rings (SSSR count). The van der Waals surface area contributed by atoms with Crippen LogP contribution in [0.2, 0.25) is 0 Å². The van der Waals surface area contributed by atoms with Crippen LogP contribution >= 0.6 is 0 Å². The molecule has 1 atom stereocenters. The van der Waals surface area contributed by atoms with Gasteiger partial charge in [0.15, 0.2) is 0 Å². The van der Waals surface area contributed by atoms with Crippen molar-refractivity contribution in [3.8, 4) is 0 Å². The molecule has 1 aromatic rings. The molecule has 114 valence electrons. The lowest BCUT2D eigenvalue weighted by molar-refractivity contribution is -0.141. The van der Waals surface area contributed by atoms with Gasteiger partial charge in [0.2, 0.25) is 5.91 Å². The first-order valence-electron chi connectivity index (χ1n) is 6.44. The third kappa shape index (κ3) is 3.74. The summed E-state index contributed by atoms with van der Waals surface area (Å²) in [4.78, 5) is 23.8. The number of hydrogen-bond donors (Lipinski definition) is 1. The smallest absolute Gasteiger partial charge is 0.416 e. The van der Waals surface area contributed by atoms with Gasteiger partial charge in [0.25, 0.3) is 0 Å². The van der Waals surface area contributed by atoms with E-state index in [0.717, 1.165) is 12.1 Å². The number of likely N-dealkylation sites (tertiary alicyclic amines) is 1. The van der Waals surface area contributed by atoms with Crippen LogP contribution in [0.5, 0.6) is 0 Å². The highest BCUT2D eigenvalue weighted by Gasteiger charge is 2.34. The summed E-state index contributed by atoms with van der Waals surface area (Å²) in [6, 6.07) is 4.93. The van der Waals surface area contributed by atoms with Gasteiger partial charge in [-0.05, 0) is 18.1 Å². The predicted octanol–water partition coefficient (Wildman–Crippen LogP) is 2.18. The summed E-state index contributed by atoms with van der Waals surface area (Å²) < 4.78 is 37.7. The number of halogens is 3. The molecule has 0 aromatic heterocycles. The Morgan fingerprint density at radius 1 is 1.38 bits per heavy atom. The molecular weight excluding hydrogens is 287 g/mol. The molecular formula is C14H14F3NO3. The Hall–Kier alpha value is -2.05. The Balaban J connectivity index is 1.98. The molecule has 7 heteroatoms. The summed E-state index contributed by atoms with van der Waals surface area (Å²) in [5.41, 5.74) is -0.257. The van der Waals surface area contributed by atoms with E-state index in [9.17, 15) is 22.8 Å². The molecule has 0 bridgehead atoms. The van der Waals surface area contributed by atoms with E-state index in [-0.39, 0.29) is 31.8 Å². The number of nitrogens with zero attached hydrogens (tertiary/aromatic N) is 1. The van der Waals surface area contributed by atoms with Crippen molar-refractivity contribution in [3.05, 3.63) is 35.4 Å².